The van der Waals surface area contributed by atoms with Crippen LogP contribution >= 0.6 is 0 Å². The first kappa shape index (κ1) is 13.6. The highest BCUT2D eigenvalue weighted by molar-refractivity contribution is 6.04. The van der Waals surface area contributed by atoms with Gasteiger partial charge in [0.2, 0.25) is 5.91 Å². The first-order chi connectivity index (χ1) is 9.99. The van der Waals surface area contributed by atoms with Crippen LogP contribution in [0.5, 0.6) is 0 Å². The fraction of sp³-hybridized carbons (Fsp3) is 0.200. The molecule has 1 aromatic heterocycles. The largest absolute Gasteiger partial charge is 0.316 e. The van der Waals surface area contributed by atoms with Gasteiger partial charge < -0.3 is 10.6 Å². The van der Waals surface area contributed by atoms with Gasteiger partial charge in [0, 0.05) is 24.0 Å². The molecule has 21 heavy (non-hydrogen) atoms. The van der Waals surface area contributed by atoms with Gasteiger partial charge in [0.1, 0.15) is 17.7 Å². The molecule has 1 unspecified atom stereocenters. The molecule has 0 fully saturated rings. The minimum absolute atomic E-state index is 0.0444. The van der Waals surface area contributed by atoms with Crippen molar-refractivity contribution in [3.63, 3.8) is 0 Å². The van der Waals surface area contributed by atoms with Crippen molar-refractivity contribution in [2.45, 2.75) is 19.5 Å². The van der Waals surface area contributed by atoms with Crippen molar-refractivity contribution in [3.05, 3.63) is 58.9 Å². The maximum absolute atomic E-state index is 13.9. The summed E-state index contributed by atoms with van der Waals surface area (Å²) in [7, 11) is 0. The van der Waals surface area contributed by atoms with Gasteiger partial charge in [-0.05, 0) is 30.2 Å². The average molecular weight is 289 g/mol. The Morgan fingerprint density at radius 2 is 2.14 bits per heavy atom. The first-order valence-corrected chi connectivity index (χ1v) is 6.44. The van der Waals surface area contributed by atoms with Crippen LogP contribution in [-0.4, -0.2) is 10.9 Å². The lowest BCUT2D eigenvalue weighted by atomic mass is 10.1. The number of benzene rings is 1. The Bertz CT molecular complexity index is 733. The molecule has 0 aliphatic carbocycles. The van der Waals surface area contributed by atoms with Gasteiger partial charge in [0.15, 0.2) is 0 Å². The maximum atomic E-state index is 13.9. The summed E-state index contributed by atoms with van der Waals surface area (Å²) in [6.07, 6.45) is 3.27. The zero-order valence-electron chi connectivity index (χ0n) is 11.3. The number of amides is 1. The highest BCUT2D eigenvalue weighted by Gasteiger charge is 2.37. The third kappa shape index (κ3) is 2.17. The third-order valence-electron chi connectivity index (χ3n) is 3.68. The van der Waals surface area contributed by atoms with E-state index in [-0.39, 0.29) is 17.8 Å². The van der Waals surface area contributed by atoms with E-state index in [1.165, 1.54) is 4.90 Å². The Labute approximate surface area is 120 Å². The SMILES string of the molecule is Cc1ccncc1CN1C(=O)C(N)c2c(F)cc(F)cc21. The number of aromatic nitrogens is 1. The molecule has 1 amide bonds. The molecule has 108 valence electrons. The number of fused-ring (bicyclic) bond motifs is 1. The Morgan fingerprint density at radius 1 is 1.38 bits per heavy atom. The number of anilines is 1. The lowest BCUT2D eigenvalue weighted by Crippen LogP contribution is -2.31. The van der Waals surface area contributed by atoms with Crippen molar-refractivity contribution in [2.75, 3.05) is 4.90 Å². The molecule has 1 aliphatic rings. The number of hydrogen-bond acceptors (Lipinski definition) is 3. The summed E-state index contributed by atoms with van der Waals surface area (Å²) >= 11 is 0. The van der Waals surface area contributed by atoms with Gasteiger partial charge in [-0.1, -0.05) is 0 Å². The molecular weight excluding hydrogens is 276 g/mol. The van der Waals surface area contributed by atoms with Crippen LogP contribution in [0.3, 0.4) is 0 Å². The number of halogens is 2. The molecular formula is C15H13F2N3O. The van der Waals surface area contributed by atoms with Gasteiger partial charge in [0.05, 0.1) is 12.2 Å². The van der Waals surface area contributed by atoms with E-state index < -0.39 is 23.6 Å². The van der Waals surface area contributed by atoms with E-state index >= 15 is 0 Å². The van der Waals surface area contributed by atoms with Crippen molar-refractivity contribution >= 4 is 11.6 Å². The van der Waals surface area contributed by atoms with Gasteiger partial charge in [-0.3, -0.25) is 9.78 Å². The van der Waals surface area contributed by atoms with E-state index in [9.17, 15) is 13.6 Å². The summed E-state index contributed by atoms with van der Waals surface area (Å²) in [5.74, 6) is -1.98. The van der Waals surface area contributed by atoms with E-state index in [1.54, 1.807) is 12.4 Å². The normalized spacial score (nSPS) is 17.2. The number of carbonyl (C=O) groups excluding carboxylic acids is 1. The van der Waals surface area contributed by atoms with Gasteiger partial charge in [0.25, 0.3) is 0 Å². The van der Waals surface area contributed by atoms with Crippen molar-refractivity contribution in [3.8, 4) is 0 Å². The summed E-state index contributed by atoms with van der Waals surface area (Å²) in [6, 6.07) is 2.58. The fourth-order valence-corrected chi connectivity index (χ4v) is 2.51. The standard InChI is InChI=1S/C15H13F2N3O/c1-8-2-3-19-6-9(8)7-20-12-5-10(16)4-11(17)13(12)14(18)15(20)21/h2-6,14H,7,18H2,1H3. The highest BCUT2D eigenvalue weighted by atomic mass is 19.1. The van der Waals surface area contributed by atoms with E-state index in [1.807, 2.05) is 13.0 Å². The Balaban J connectivity index is 2.06. The van der Waals surface area contributed by atoms with Crippen LogP contribution in [0, 0.1) is 18.6 Å². The Hall–Kier alpha value is -2.34. The molecule has 1 atom stereocenters. The second-order valence-electron chi connectivity index (χ2n) is 5.02. The zero-order chi connectivity index (χ0) is 15.1. The summed E-state index contributed by atoms with van der Waals surface area (Å²) in [6.45, 7) is 2.06. The molecule has 0 spiro atoms. The number of nitrogens with zero attached hydrogens (tertiary/aromatic N) is 2. The summed E-state index contributed by atoms with van der Waals surface area (Å²) < 4.78 is 27.3. The molecule has 0 saturated carbocycles. The number of hydrogen-bond donors (Lipinski definition) is 1. The van der Waals surface area contributed by atoms with Crippen LogP contribution in [-0.2, 0) is 11.3 Å². The third-order valence-corrected chi connectivity index (χ3v) is 3.68. The average Bonchev–Trinajstić information content (AvgIpc) is 2.66. The lowest BCUT2D eigenvalue weighted by molar-refractivity contribution is -0.119. The number of nitrogens with two attached hydrogens (primary N) is 1. The van der Waals surface area contributed by atoms with Crippen molar-refractivity contribution in [2.24, 2.45) is 5.73 Å². The fourth-order valence-electron chi connectivity index (χ4n) is 2.51. The first-order valence-electron chi connectivity index (χ1n) is 6.44. The molecule has 3 rings (SSSR count). The van der Waals surface area contributed by atoms with Crippen LogP contribution < -0.4 is 10.6 Å². The number of carbonyl (C=O) groups is 1. The minimum Gasteiger partial charge on any atom is -0.316 e. The molecule has 6 heteroatoms. The van der Waals surface area contributed by atoms with Crippen molar-refractivity contribution in [1.29, 1.82) is 0 Å². The number of aryl methyl sites for hydroxylation is 1. The lowest BCUT2D eigenvalue weighted by Gasteiger charge is -2.18. The van der Waals surface area contributed by atoms with Gasteiger partial charge in [-0.15, -0.1) is 0 Å². The predicted molar refractivity (Wildman–Crippen MR) is 73.5 cm³/mol. The van der Waals surface area contributed by atoms with E-state index in [2.05, 4.69) is 4.98 Å². The Kier molecular flexibility index (Phi) is 3.17. The summed E-state index contributed by atoms with van der Waals surface area (Å²) in [4.78, 5) is 17.5. The predicted octanol–water partition coefficient (Wildman–Crippen LogP) is 2.21. The second-order valence-corrected chi connectivity index (χ2v) is 5.02. The van der Waals surface area contributed by atoms with Gasteiger partial charge in [-0.25, -0.2) is 8.78 Å². The molecule has 0 radical (unpaired) electrons. The highest BCUT2D eigenvalue weighted by Crippen LogP contribution is 2.38. The summed E-state index contributed by atoms with van der Waals surface area (Å²) in [5.41, 5.74) is 7.73. The van der Waals surface area contributed by atoms with Crippen LogP contribution in [0.15, 0.2) is 30.6 Å². The second kappa shape index (κ2) is 4.89. The topological polar surface area (TPSA) is 59.2 Å². The van der Waals surface area contributed by atoms with E-state index in [0.29, 0.717) is 0 Å². The van der Waals surface area contributed by atoms with Gasteiger partial charge in [-0.2, -0.15) is 0 Å². The smallest absolute Gasteiger partial charge is 0.249 e. The molecule has 1 aliphatic heterocycles. The quantitative estimate of drug-likeness (QED) is 0.922. The molecule has 2 aromatic rings. The zero-order valence-corrected chi connectivity index (χ0v) is 11.3. The number of rotatable bonds is 2. The monoisotopic (exact) mass is 289 g/mol. The Morgan fingerprint density at radius 3 is 2.86 bits per heavy atom. The van der Waals surface area contributed by atoms with Crippen LogP contribution in [0.1, 0.15) is 22.7 Å². The molecule has 4 nitrogen and oxygen atoms in total. The van der Waals surface area contributed by atoms with E-state index in [4.69, 9.17) is 5.73 Å². The van der Waals surface area contributed by atoms with Crippen molar-refractivity contribution in [1.82, 2.24) is 4.98 Å². The molecule has 2 heterocycles. The van der Waals surface area contributed by atoms with Crippen LogP contribution in [0.25, 0.3) is 0 Å². The molecule has 1 aromatic carbocycles. The minimum atomic E-state index is -1.10. The van der Waals surface area contributed by atoms with Crippen LogP contribution in [0.4, 0.5) is 14.5 Å². The van der Waals surface area contributed by atoms with Crippen LogP contribution in [0.2, 0.25) is 0 Å². The maximum Gasteiger partial charge on any atom is 0.249 e. The molecule has 0 bridgehead atoms. The summed E-state index contributed by atoms with van der Waals surface area (Å²) in [5, 5.41) is 0. The van der Waals surface area contributed by atoms with E-state index in [0.717, 1.165) is 23.3 Å². The molecule has 0 saturated heterocycles. The molecule has 2 N–H and O–H groups in total. The number of pyridine rings is 1. The van der Waals surface area contributed by atoms with Gasteiger partial charge >= 0.3 is 0 Å². The van der Waals surface area contributed by atoms with Crippen molar-refractivity contribution < 1.29 is 13.6 Å².